The van der Waals surface area contributed by atoms with Gasteiger partial charge in [0.2, 0.25) is 0 Å². The standard InChI is InChI=1S/C13H14F2N2/c1-3-8-5-9-6-10(14)11(15)7-12(9)17-13(8)16-4-2/h5-7H,3-4H2,1-2H3,(H,16,17). The molecule has 0 amide bonds. The number of benzene rings is 1. The zero-order valence-electron chi connectivity index (χ0n) is 9.85. The number of pyridine rings is 1. The first-order valence-corrected chi connectivity index (χ1v) is 5.68. The second-order valence-electron chi connectivity index (χ2n) is 3.84. The Labute approximate surface area is 98.7 Å². The molecule has 0 bridgehead atoms. The van der Waals surface area contributed by atoms with E-state index < -0.39 is 11.6 Å². The minimum absolute atomic E-state index is 0.469. The molecule has 4 heteroatoms. The first-order valence-electron chi connectivity index (χ1n) is 5.68. The number of aryl methyl sites for hydroxylation is 1. The average Bonchev–Trinajstić information content (AvgIpc) is 2.31. The molecule has 2 aromatic rings. The summed E-state index contributed by atoms with van der Waals surface area (Å²) in [6, 6.07) is 4.17. The van der Waals surface area contributed by atoms with Gasteiger partial charge in [0.1, 0.15) is 5.82 Å². The highest BCUT2D eigenvalue weighted by Crippen LogP contribution is 2.23. The van der Waals surface area contributed by atoms with E-state index in [1.807, 2.05) is 19.9 Å². The molecule has 0 aliphatic carbocycles. The lowest BCUT2D eigenvalue weighted by Crippen LogP contribution is -2.03. The SMILES string of the molecule is CCNc1nc2cc(F)c(F)cc2cc1CC. The van der Waals surface area contributed by atoms with Gasteiger partial charge in [-0.1, -0.05) is 6.92 Å². The Bertz CT molecular complexity index is 553. The van der Waals surface area contributed by atoms with Gasteiger partial charge in [-0.15, -0.1) is 0 Å². The van der Waals surface area contributed by atoms with E-state index in [-0.39, 0.29) is 0 Å². The molecular formula is C13H14F2N2. The summed E-state index contributed by atoms with van der Waals surface area (Å²) in [6.07, 6.45) is 0.796. The topological polar surface area (TPSA) is 24.9 Å². The number of hydrogen-bond donors (Lipinski definition) is 1. The van der Waals surface area contributed by atoms with Crippen LogP contribution in [0.4, 0.5) is 14.6 Å². The molecule has 0 atom stereocenters. The number of rotatable bonds is 3. The summed E-state index contributed by atoms with van der Waals surface area (Å²) in [5.41, 5.74) is 1.47. The Hall–Kier alpha value is -1.71. The number of nitrogens with one attached hydrogen (secondary N) is 1. The molecule has 0 saturated carbocycles. The molecular weight excluding hydrogens is 222 g/mol. The summed E-state index contributed by atoms with van der Waals surface area (Å²) >= 11 is 0. The van der Waals surface area contributed by atoms with Crippen LogP contribution < -0.4 is 5.32 Å². The largest absolute Gasteiger partial charge is 0.370 e. The highest BCUT2D eigenvalue weighted by molar-refractivity contribution is 5.82. The third kappa shape index (κ3) is 2.20. The maximum Gasteiger partial charge on any atom is 0.161 e. The number of aromatic nitrogens is 1. The van der Waals surface area contributed by atoms with E-state index in [2.05, 4.69) is 10.3 Å². The summed E-state index contributed by atoms with van der Waals surface area (Å²) in [5.74, 6) is -0.956. The Kier molecular flexibility index (Phi) is 3.22. The van der Waals surface area contributed by atoms with E-state index in [1.54, 1.807) is 0 Å². The normalized spacial score (nSPS) is 10.8. The number of hydrogen-bond acceptors (Lipinski definition) is 2. The van der Waals surface area contributed by atoms with Gasteiger partial charge >= 0.3 is 0 Å². The smallest absolute Gasteiger partial charge is 0.161 e. The molecule has 0 radical (unpaired) electrons. The Morgan fingerprint density at radius 1 is 1.12 bits per heavy atom. The Morgan fingerprint density at radius 2 is 1.82 bits per heavy atom. The predicted molar refractivity (Wildman–Crippen MR) is 65.2 cm³/mol. The van der Waals surface area contributed by atoms with Gasteiger partial charge in [-0.05, 0) is 31.0 Å². The van der Waals surface area contributed by atoms with E-state index in [0.717, 1.165) is 30.4 Å². The van der Waals surface area contributed by atoms with Crippen LogP contribution in [0.5, 0.6) is 0 Å². The van der Waals surface area contributed by atoms with E-state index in [0.29, 0.717) is 10.9 Å². The van der Waals surface area contributed by atoms with E-state index >= 15 is 0 Å². The molecule has 90 valence electrons. The second kappa shape index (κ2) is 4.65. The minimum atomic E-state index is -0.864. The van der Waals surface area contributed by atoms with Crippen molar-refractivity contribution in [2.45, 2.75) is 20.3 Å². The van der Waals surface area contributed by atoms with E-state index in [1.165, 1.54) is 6.07 Å². The van der Waals surface area contributed by atoms with Crippen molar-refractivity contribution in [1.29, 1.82) is 0 Å². The van der Waals surface area contributed by atoms with Crippen LogP contribution in [0.1, 0.15) is 19.4 Å². The lowest BCUT2D eigenvalue weighted by atomic mass is 10.1. The maximum atomic E-state index is 13.1. The quantitative estimate of drug-likeness (QED) is 0.882. The van der Waals surface area contributed by atoms with Gasteiger partial charge in [-0.25, -0.2) is 13.8 Å². The van der Waals surface area contributed by atoms with Crippen molar-refractivity contribution >= 4 is 16.7 Å². The van der Waals surface area contributed by atoms with Crippen LogP contribution in [0.3, 0.4) is 0 Å². The van der Waals surface area contributed by atoms with Crippen LogP contribution in [-0.4, -0.2) is 11.5 Å². The monoisotopic (exact) mass is 236 g/mol. The number of halogens is 2. The summed E-state index contributed by atoms with van der Waals surface area (Å²) in [6.45, 7) is 4.72. The molecule has 0 aliphatic rings. The minimum Gasteiger partial charge on any atom is -0.370 e. The molecule has 2 nitrogen and oxygen atoms in total. The molecule has 0 saturated heterocycles. The van der Waals surface area contributed by atoms with Gasteiger partial charge in [-0.3, -0.25) is 0 Å². The van der Waals surface area contributed by atoms with Gasteiger partial charge in [-0.2, -0.15) is 0 Å². The molecule has 1 heterocycles. The van der Waals surface area contributed by atoms with Crippen molar-refractivity contribution in [3.8, 4) is 0 Å². The Morgan fingerprint density at radius 3 is 2.47 bits per heavy atom. The lowest BCUT2D eigenvalue weighted by Gasteiger charge is -2.10. The molecule has 1 N–H and O–H groups in total. The fourth-order valence-corrected chi connectivity index (χ4v) is 1.80. The van der Waals surface area contributed by atoms with Crippen molar-refractivity contribution in [1.82, 2.24) is 4.98 Å². The van der Waals surface area contributed by atoms with Crippen LogP contribution in [-0.2, 0) is 6.42 Å². The van der Waals surface area contributed by atoms with Crippen LogP contribution in [0, 0.1) is 11.6 Å². The van der Waals surface area contributed by atoms with Gasteiger partial charge in [0, 0.05) is 18.0 Å². The van der Waals surface area contributed by atoms with Crippen LogP contribution in [0.15, 0.2) is 18.2 Å². The lowest BCUT2D eigenvalue weighted by molar-refractivity contribution is 0.510. The van der Waals surface area contributed by atoms with Gasteiger partial charge in [0.25, 0.3) is 0 Å². The second-order valence-corrected chi connectivity index (χ2v) is 3.84. The van der Waals surface area contributed by atoms with Gasteiger partial charge in [0.05, 0.1) is 5.52 Å². The van der Waals surface area contributed by atoms with E-state index in [4.69, 9.17) is 0 Å². The third-order valence-corrected chi connectivity index (χ3v) is 2.66. The van der Waals surface area contributed by atoms with Crippen molar-refractivity contribution in [2.75, 3.05) is 11.9 Å². The molecule has 0 spiro atoms. The Balaban J connectivity index is 2.65. The van der Waals surface area contributed by atoms with Gasteiger partial charge < -0.3 is 5.32 Å². The van der Waals surface area contributed by atoms with Crippen molar-refractivity contribution in [3.63, 3.8) is 0 Å². The summed E-state index contributed by atoms with van der Waals surface area (Å²) in [4.78, 5) is 4.32. The predicted octanol–water partition coefficient (Wildman–Crippen LogP) is 3.51. The fourth-order valence-electron chi connectivity index (χ4n) is 1.80. The van der Waals surface area contributed by atoms with Gasteiger partial charge in [0.15, 0.2) is 11.6 Å². The van der Waals surface area contributed by atoms with Crippen LogP contribution >= 0.6 is 0 Å². The highest BCUT2D eigenvalue weighted by atomic mass is 19.2. The zero-order valence-corrected chi connectivity index (χ0v) is 9.85. The first-order chi connectivity index (χ1) is 8.15. The highest BCUT2D eigenvalue weighted by Gasteiger charge is 2.09. The van der Waals surface area contributed by atoms with E-state index in [9.17, 15) is 8.78 Å². The molecule has 1 aromatic carbocycles. The van der Waals surface area contributed by atoms with Crippen molar-refractivity contribution < 1.29 is 8.78 Å². The zero-order chi connectivity index (χ0) is 12.4. The maximum absolute atomic E-state index is 13.1. The number of anilines is 1. The molecule has 17 heavy (non-hydrogen) atoms. The fraction of sp³-hybridized carbons (Fsp3) is 0.308. The first kappa shape index (κ1) is 11.8. The summed E-state index contributed by atoms with van der Waals surface area (Å²) in [7, 11) is 0. The van der Waals surface area contributed by atoms with Crippen molar-refractivity contribution in [3.05, 3.63) is 35.4 Å². The van der Waals surface area contributed by atoms with Crippen molar-refractivity contribution in [2.24, 2.45) is 0 Å². The molecule has 2 rings (SSSR count). The van der Waals surface area contributed by atoms with Crippen LogP contribution in [0.2, 0.25) is 0 Å². The number of nitrogens with zero attached hydrogens (tertiary/aromatic N) is 1. The molecule has 0 aliphatic heterocycles. The summed E-state index contributed by atoms with van der Waals surface area (Å²) < 4.78 is 26.2. The number of fused-ring (bicyclic) bond motifs is 1. The third-order valence-electron chi connectivity index (χ3n) is 2.66. The molecule has 1 aromatic heterocycles. The molecule has 0 unspecified atom stereocenters. The van der Waals surface area contributed by atoms with Crippen LogP contribution in [0.25, 0.3) is 10.9 Å². The average molecular weight is 236 g/mol. The molecule has 0 fully saturated rings. The summed E-state index contributed by atoms with van der Waals surface area (Å²) in [5, 5.41) is 3.75.